The van der Waals surface area contributed by atoms with Gasteiger partial charge in [-0.05, 0) is 82.3 Å². The lowest BCUT2D eigenvalue weighted by atomic mass is 9.86. The van der Waals surface area contributed by atoms with Crippen molar-refractivity contribution >= 4 is 28.5 Å². The smallest absolute Gasteiger partial charge is 0.193 e. The highest BCUT2D eigenvalue weighted by Gasteiger charge is 2.20. The number of allylic oxidation sites excluding steroid dienone is 4. The van der Waals surface area contributed by atoms with E-state index in [1.54, 1.807) is 0 Å². The third kappa shape index (κ3) is 6.80. The Morgan fingerprint density at radius 1 is 0.489 bits per heavy atom. The van der Waals surface area contributed by atoms with Crippen LogP contribution in [-0.4, -0.2) is 11.6 Å². The molecule has 6 aromatic carbocycles. The Hall–Kier alpha value is -6.06. The molecule has 1 atom stereocenters. The number of para-hydroxylation sites is 1. The van der Waals surface area contributed by atoms with Crippen LogP contribution in [0.2, 0.25) is 0 Å². The SMILES string of the molecule is O=C(c1ccccc1)c1ccc(-c2cc(C3=CCC(C(=O)c4ccccc4)C=C3)cc(-c3ccc(Nc4ccccc4)cc3)c2)cc1. The molecule has 0 heterocycles. The average Bonchev–Trinajstić information content (AvgIpc) is 3.15. The van der Waals surface area contributed by atoms with Gasteiger partial charge in [-0.25, -0.2) is 0 Å². The molecule has 1 aliphatic carbocycles. The Morgan fingerprint density at radius 2 is 0.979 bits per heavy atom. The molecule has 47 heavy (non-hydrogen) atoms. The van der Waals surface area contributed by atoms with E-state index < -0.39 is 0 Å². The maximum absolute atomic E-state index is 13.1. The summed E-state index contributed by atoms with van der Waals surface area (Å²) in [5.74, 6) is -0.0306. The van der Waals surface area contributed by atoms with Crippen molar-refractivity contribution in [1.82, 2.24) is 0 Å². The first-order valence-corrected chi connectivity index (χ1v) is 15.9. The minimum absolute atomic E-state index is 0.00731. The van der Waals surface area contributed by atoms with E-state index in [4.69, 9.17) is 0 Å². The van der Waals surface area contributed by atoms with Gasteiger partial charge in [0.05, 0.1) is 0 Å². The first-order valence-electron chi connectivity index (χ1n) is 15.9. The van der Waals surface area contributed by atoms with E-state index in [1.807, 2.05) is 121 Å². The molecule has 0 saturated heterocycles. The Morgan fingerprint density at radius 3 is 1.55 bits per heavy atom. The average molecular weight is 608 g/mol. The van der Waals surface area contributed by atoms with E-state index in [0.29, 0.717) is 17.5 Å². The maximum Gasteiger partial charge on any atom is 0.193 e. The summed E-state index contributed by atoms with van der Waals surface area (Å²) >= 11 is 0. The molecule has 0 bridgehead atoms. The van der Waals surface area contributed by atoms with Crippen molar-refractivity contribution in [2.75, 3.05) is 5.32 Å². The van der Waals surface area contributed by atoms with E-state index in [1.165, 1.54) is 0 Å². The molecule has 0 radical (unpaired) electrons. The van der Waals surface area contributed by atoms with Gasteiger partial charge in [-0.15, -0.1) is 0 Å². The molecule has 0 fully saturated rings. The van der Waals surface area contributed by atoms with Crippen LogP contribution < -0.4 is 5.32 Å². The predicted octanol–water partition coefficient (Wildman–Crippen LogP) is 10.8. The van der Waals surface area contributed by atoms with Gasteiger partial charge in [-0.2, -0.15) is 0 Å². The Labute approximate surface area is 275 Å². The number of hydrogen-bond donors (Lipinski definition) is 1. The molecule has 3 heteroatoms. The highest BCUT2D eigenvalue weighted by atomic mass is 16.1. The zero-order chi connectivity index (χ0) is 32.0. The Bertz CT molecular complexity index is 2080. The van der Waals surface area contributed by atoms with Crippen molar-refractivity contribution in [3.63, 3.8) is 0 Å². The van der Waals surface area contributed by atoms with E-state index in [0.717, 1.165) is 50.3 Å². The molecule has 0 aliphatic heterocycles. The van der Waals surface area contributed by atoms with Crippen LogP contribution in [0.1, 0.15) is 38.3 Å². The molecular weight excluding hydrogens is 574 g/mol. The van der Waals surface area contributed by atoms with Crippen molar-refractivity contribution < 1.29 is 9.59 Å². The number of anilines is 2. The van der Waals surface area contributed by atoms with Crippen molar-refractivity contribution in [3.05, 3.63) is 198 Å². The molecule has 1 N–H and O–H groups in total. The topological polar surface area (TPSA) is 46.2 Å². The van der Waals surface area contributed by atoms with Crippen LogP contribution in [0.25, 0.3) is 27.8 Å². The number of carbonyl (C=O) groups is 2. The summed E-state index contributed by atoms with van der Waals surface area (Å²) in [5.41, 5.74) is 10.6. The summed E-state index contributed by atoms with van der Waals surface area (Å²) in [6.07, 6.45) is 6.93. The first-order chi connectivity index (χ1) is 23.1. The molecule has 0 aromatic heterocycles. The van der Waals surface area contributed by atoms with Gasteiger partial charge in [0.1, 0.15) is 0 Å². The zero-order valence-corrected chi connectivity index (χ0v) is 25.8. The minimum atomic E-state index is -0.178. The number of carbonyl (C=O) groups excluding carboxylic acids is 2. The van der Waals surface area contributed by atoms with E-state index in [2.05, 4.69) is 59.9 Å². The number of Topliss-reactive ketones (excluding diaryl/α,β-unsaturated/α-hetero) is 1. The van der Waals surface area contributed by atoms with Gasteiger partial charge >= 0.3 is 0 Å². The van der Waals surface area contributed by atoms with Gasteiger partial charge < -0.3 is 5.32 Å². The fourth-order valence-corrected chi connectivity index (χ4v) is 5.98. The van der Waals surface area contributed by atoms with Crippen LogP contribution in [0.4, 0.5) is 11.4 Å². The van der Waals surface area contributed by atoms with Crippen LogP contribution in [0.5, 0.6) is 0 Å². The zero-order valence-electron chi connectivity index (χ0n) is 25.8. The van der Waals surface area contributed by atoms with E-state index in [-0.39, 0.29) is 17.5 Å². The van der Waals surface area contributed by atoms with Crippen molar-refractivity contribution in [2.24, 2.45) is 5.92 Å². The monoisotopic (exact) mass is 607 g/mol. The Balaban J connectivity index is 1.20. The molecule has 226 valence electrons. The lowest BCUT2D eigenvalue weighted by Crippen LogP contribution is -2.13. The molecule has 3 nitrogen and oxygen atoms in total. The van der Waals surface area contributed by atoms with Gasteiger partial charge in [0.15, 0.2) is 11.6 Å². The molecule has 6 aromatic rings. The summed E-state index contributed by atoms with van der Waals surface area (Å²) in [7, 11) is 0. The molecular formula is C44H33NO2. The standard InChI is InChI=1S/C44H33NO2/c46-43(34-10-4-1-5-11-34)36-20-16-31(17-21-36)38-28-39(32-18-22-37(23-19-32)44(47)35-12-6-2-7-13-35)30-40(29-38)33-24-26-42(27-25-33)45-41-14-8-3-9-15-41/h1-22,24-30,37,45H,23H2. The van der Waals surface area contributed by atoms with Crippen molar-refractivity contribution in [3.8, 4) is 22.3 Å². The normalized spacial score (nSPS) is 13.9. The number of nitrogens with one attached hydrogen (secondary N) is 1. The molecule has 1 unspecified atom stereocenters. The summed E-state index contributed by atoms with van der Waals surface area (Å²) in [6.45, 7) is 0. The van der Waals surface area contributed by atoms with Gasteiger partial charge in [-0.1, -0.05) is 133 Å². The van der Waals surface area contributed by atoms with Crippen LogP contribution >= 0.6 is 0 Å². The Kier molecular flexibility index (Phi) is 8.52. The van der Waals surface area contributed by atoms with Gasteiger partial charge in [0, 0.05) is 34.0 Å². The van der Waals surface area contributed by atoms with Crippen LogP contribution in [0.3, 0.4) is 0 Å². The third-order valence-corrected chi connectivity index (χ3v) is 8.56. The summed E-state index contributed by atoms with van der Waals surface area (Å²) < 4.78 is 0. The first kappa shape index (κ1) is 29.6. The summed E-state index contributed by atoms with van der Waals surface area (Å²) in [4.78, 5) is 26.2. The second-order valence-electron chi connectivity index (χ2n) is 11.7. The number of hydrogen-bond acceptors (Lipinski definition) is 3. The second kappa shape index (κ2) is 13.5. The largest absolute Gasteiger partial charge is 0.356 e. The molecule has 0 saturated carbocycles. The van der Waals surface area contributed by atoms with Crippen molar-refractivity contribution in [1.29, 1.82) is 0 Å². The molecule has 0 spiro atoms. The third-order valence-electron chi connectivity index (χ3n) is 8.56. The number of benzene rings is 6. The highest BCUT2D eigenvalue weighted by Crippen LogP contribution is 2.35. The number of ketones is 2. The van der Waals surface area contributed by atoms with Crippen LogP contribution in [0, 0.1) is 5.92 Å². The minimum Gasteiger partial charge on any atom is -0.356 e. The molecule has 1 aliphatic rings. The number of rotatable bonds is 9. The van der Waals surface area contributed by atoms with Gasteiger partial charge in [0.25, 0.3) is 0 Å². The van der Waals surface area contributed by atoms with Crippen LogP contribution in [0.15, 0.2) is 176 Å². The quantitative estimate of drug-likeness (QED) is 0.166. The lowest BCUT2D eigenvalue weighted by Gasteiger charge is -2.17. The second-order valence-corrected chi connectivity index (χ2v) is 11.7. The summed E-state index contributed by atoms with van der Waals surface area (Å²) in [5, 5.41) is 3.46. The molecule has 0 amide bonds. The van der Waals surface area contributed by atoms with Gasteiger partial charge in [0.2, 0.25) is 0 Å². The highest BCUT2D eigenvalue weighted by molar-refractivity contribution is 6.09. The summed E-state index contributed by atoms with van der Waals surface area (Å²) in [6, 6.07) is 51.9. The fraction of sp³-hybridized carbons (Fsp3) is 0.0455. The van der Waals surface area contributed by atoms with Crippen LogP contribution in [-0.2, 0) is 0 Å². The fourth-order valence-electron chi connectivity index (χ4n) is 5.98. The maximum atomic E-state index is 13.1. The lowest BCUT2D eigenvalue weighted by molar-refractivity contribution is 0.0945. The van der Waals surface area contributed by atoms with Crippen molar-refractivity contribution in [2.45, 2.75) is 6.42 Å². The molecule has 7 rings (SSSR count). The van der Waals surface area contributed by atoms with Gasteiger partial charge in [-0.3, -0.25) is 9.59 Å². The van der Waals surface area contributed by atoms with E-state index in [9.17, 15) is 9.59 Å². The van der Waals surface area contributed by atoms with E-state index >= 15 is 0 Å². The predicted molar refractivity (Wildman–Crippen MR) is 193 cm³/mol.